The van der Waals surface area contributed by atoms with Crippen molar-refractivity contribution in [3.8, 4) is 23.0 Å². The number of carbonyl (C=O) groups excluding carboxylic acids is 1. The van der Waals surface area contributed by atoms with Crippen LogP contribution in [0.15, 0.2) is 42.5 Å². The van der Waals surface area contributed by atoms with Gasteiger partial charge in [0, 0.05) is 35.7 Å². The lowest BCUT2D eigenvalue weighted by Gasteiger charge is -2.23. The van der Waals surface area contributed by atoms with Crippen LogP contribution in [0.1, 0.15) is 72.6 Å². The molecule has 11 nitrogen and oxygen atoms in total. The predicted molar refractivity (Wildman–Crippen MR) is 193 cm³/mol. The van der Waals surface area contributed by atoms with Crippen LogP contribution in [0.25, 0.3) is 22.0 Å². The SMILES string of the molecule is Cn1nc(NS(C)(=O)=O)c2c(Cl)ccc(-c3ccc(C#CC(C)(C)O)nc3C(Cc3cc(F)cc(F)c3)NC(=O)Cn3nc(C(F)F)c4c3C(F)(F)C3CC43)c21. The number of aliphatic hydroxyl groups is 1. The Bertz CT molecular complexity index is 2590. The van der Waals surface area contributed by atoms with Gasteiger partial charge in [-0.05, 0) is 74.4 Å². The van der Waals surface area contributed by atoms with Gasteiger partial charge in [0.2, 0.25) is 15.9 Å². The molecule has 2 aliphatic rings. The Kier molecular flexibility index (Phi) is 9.65. The van der Waals surface area contributed by atoms with E-state index in [2.05, 4.69) is 32.1 Å². The highest BCUT2D eigenvalue weighted by molar-refractivity contribution is 7.92. The van der Waals surface area contributed by atoms with Gasteiger partial charge in [-0.3, -0.25) is 18.9 Å². The van der Waals surface area contributed by atoms with Crippen LogP contribution in [0.2, 0.25) is 5.02 Å². The molecule has 3 heterocycles. The van der Waals surface area contributed by atoms with Crippen molar-refractivity contribution >= 4 is 44.3 Å². The number of amides is 1. The van der Waals surface area contributed by atoms with E-state index >= 15 is 8.78 Å². The van der Waals surface area contributed by atoms with Crippen LogP contribution in [0, 0.1) is 29.4 Å². The van der Waals surface area contributed by atoms with Gasteiger partial charge in [0.15, 0.2) is 5.82 Å². The molecule has 56 heavy (non-hydrogen) atoms. The van der Waals surface area contributed by atoms with E-state index in [1.54, 1.807) is 12.1 Å². The molecule has 5 aromatic rings. The number of hydrogen-bond donors (Lipinski definition) is 3. The van der Waals surface area contributed by atoms with Crippen molar-refractivity contribution in [2.45, 2.75) is 63.1 Å². The van der Waals surface area contributed by atoms with Gasteiger partial charge >= 0.3 is 0 Å². The van der Waals surface area contributed by atoms with Gasteiger partial charge in [-0.1, -0.05) is 23.6 Å². The van der Waals surface area contributed by atoms with Crippen LogP contribution in [-0.4, -0.2) is 55.8 Å². The van der Waals surface area contributed by atoms with Gasteiger partial charge in [-0.25, -0.2) is 31.0 Å². The standard InChI is InChI=1S/C37H32ClF6N7O4S/c1-36(2,53)10-9-20-5-6-21(22-7-8-25(38)29-32(22)50(3)48-35(29)49-56(4,54)55)30(45-20)26(13-17-11-18(39)14-19(40)12-17)46-27(52)16-51-33-28(31(47-51)34(41)42)23-15-24(23)37(33,43)44/h5-8,11-12,14,23-24,26,34,53H,13,15-16H2,1-4H3,(H,46,52)(H,48,49). The summed E-state index contributed by atoms with van der Waals surface area (Å²) in [5.41, 5.74) is -2.23. The summed E-state index contributed by atoms with van der Waals surface area (Å²) in [5.74, 6) is -3.02. The zero-order valence-corrected chi connectivity index (χ0v) is 31.5. The molecule has 3 atom stereocenters. The number of aryl methyl sites for hydroxylation is 1. The zero-order chi connectivity index (χ0) is 40.6. The summed E-state index contributed by atoms with van der Waals surface area (Å²) in [6.45, 7) is 1.95. The number of fused-ring (bicyclic) bond motifs is 4. The number of benzene rings is 2. The van der Waals surface area contributed by atoms with E-state index in [-0.39, 0.29) is 57.1 Å². The Hall–Kier alpha value is -5.12. The van der Waals surface area contributed by atoms with Crippen LogP contribution >= 0.6 is 11.6 Å². The topological polar surface area (TPSA) is 144 Å². The number of halogens is 7. The number of anilines is 1. The molecule has 19 heteroatoms. The van der Waals surface area contributed by atoms with E-state index in [0.29, 0.717) is 21.8 Å². The largest absolute Gasteiger partial charge is 0.378 e. The first-order valence-corrected chi connectivity index (χ1v) is 19.3. The maximum Gasteiger partial charge on any atom is 0.293 e. The average molecular weight is 820 g/mol. The van der Waals surface area contributed by atoms with E-state index in [1.165, 1.54) is 37.7 Å². The second-order valence-electron chi connectivity index (χ2n) is 14.4. The normalized spacial score (nSPS) is 17.7. The smallest absolute Gasteiger partial charge is 0.293 e. The minimum absolute atomic E-state index is 0.0193. The van der Waals surface area contributed by atoms with Gasteiger partial charge in [-0.2, -0.15) is 19.0 Å². The first kappa shape index (κ1) is 39.1. The summed E-state index contributed by atoms with van der Waals surface area (Å²) in [6, 6.07) is 7.47. The highest BCUT2D eigenvalue weighted by Gasteiger charge is 2.67. The molecular weight excluding hydrogens is 788 g/mol. The van der Waals surface area contributed by atoms with Crippen LogP contribution in [0.5, 0.6) is 0 Å². The van der Waals surface area contributed by atoms with Gasteiger partial charge < -0.3 is 10.4 Å². The van der Waals surface area contributed by atoms with Crippen molar-refractivity contribution in [2.75, 3.05) is 11.0 Å². The molecule has 7 rings (SSSR count). The number of nitrogens with zero attached hydrogens (tertiary/aromatic N) is 5. The number of nitrogens with one attached hydrogen (secondary N) is 2. The Labute approximate surface area is 321 Å². The van der Waals surface area contributed by atoms with Gasteiger partial charge in [0.25, 0.3) is 12.3 Å². The van der Waals surface area contributed by atoms with E-state index in [4.69, 9.17) is 16.6 Å². The van der Waals surface area contributed by atoms with Crippen LogP contribution < -0.4 is 10.0 Å². The highest BCUT2D eigenvalue weighted by atomic mass is 35.5. The van der Waals surface area contributed by atoms with Crippen LogP contribution in [0.4, 0.5) is 32.2 Å². The summed E-state index contributed by atoms with van der Waals surface area (Å²) < 4.78 is 117. The van der Waals surface area contributed by atoms with E-state index in [1.807, 2.05) is 0 Å². The first-order chi connectivity index (χ1) is 26.1. The molecule has 294 valence electrons. The molecular formula is C37H32ClF6N7O4S. The number of sulfonamides is 1. The maximum absolute atomic E-state index is 15.4. The van der Waals surface area contributed by atoms with Crippen molar-refractivity contribution in [3.05, 3.63) is 93.0 Å². The van der Waals surface area contributed by atoms with Crippen molar-refractivity contribution in [3.63, 3.8) is 0 Å². The fourth-order valence-electron chi connectivity index (χ4n) is 7.23. The molecule has 2 aromatic carbocycles. The number of carbonyl (C=O) groups is 1. The Balaban J connectivity index is 1.39. The molecule has 1 saturated carbocycles. The van der Waals surface area contributed by atoms with Crippen molar-refractivity contribution < 1.29 is 44.7 Å². The van der Waals surface area contributed by atoms with Crippen molar-refractivity contribution in [1.82, 2.24) is 29.9 Å². The minimum Gasteiger partial charge on any atom is -0.378 e. The van der Waals surface area contributed by atoms with Crippen molar-refractivity contribution in [2.24, 2.45) is 13.0 Å². The molecule has 0 aliphatic heterocycles. The number of pyridine rings is 1. The molecule has 0 spiro atoms. The predicted octanol–water partition coefficient (Wildman–Crippen LogP) is 6.50. The van der Waals surface area contributed by atoms with E-state index in [0.717, 1.165) is 18.4 Å². The quantitative estimate of drug-likeness (QED) is 0.108. The Morgan fingerprint density at radius 3 is 2.41 bits per heavy atom. The van der Waals surface area contributed by atoms with Gasteiger partial charge in [0.1, 0.15) is 40.9 Å². The number of hydrogen-bond acceptors (Lipinski definition) is 7. The van der Waals surface area contributed by atoms with Gasteiger partial charge in [0.05, 0.1) is 33.9 Å². The number of rotatable bonds is 10. The third-order valence-electron chi connectivity index (χ3n) is 9.42. The summed E-state index contributed by atoms with van der Waals surface area (Å²) >= 11 is 6.57. The highest BCUT2D eigenvalue weighted by Crippen LogP contribution is 2.68. The molecule has 2 aliphatic carbocycles. The average Bonchev–Trinajstić information content (AvgIpc) is 3.62. The monoisotopic (exact) mass is 819 g/mol. The molecule has 1 fully saturated rings. The summed E-state index contributed by atoms with van der Waals surface area (Å²) in [7, 11) is -2.30. The lowest BCUT2D eigenvalue weighted by molar-refractivity contribution is -0.123. The number of aromatic nitrogens is 5. The van der Waals surface area contributed by atoms with E-state index in [9.17, 15) is 35.9 Å². The first-order valence-electron chi connectivity index (χ1n) is 17.0. The van der Waals surface area contributed by atoms with Crippen LogP contribution in [0.3, 0.4) is 0 Å². The molecule has 3 unspecified atom stereocenters. The fourth-order valence-corrected chi connectivity index (χ4v) is 7.97. The molecule has 0 saturated heterocycles. The Morgan fingerprint density at radius 1 is 1.09 bits per heavy atom. The van der Waals surface area contributed by atoms with Crippen molar-refractivity contribution in [1.29, 1.82) is 0 Å². The molecule has 3 aromatic heterocycles. The lowest BCUT2D eigenvalue weighted by Crippen LogP contribution is -2.35. The summed E-state index contributed by atoms with van der Waals surface area (Å²) in [6.07, 6.45) is -2.56. The van der Waals surface area contributed by atoms with Crippen LogP contribution in [-0.2, 0) is 40.8 Å². The molecule has 1 amide bonds. The van der Waals surface area contributed by atoms with Gasteiger partial charge in [-0.15, -0.1) is 0 Å². The summed E-state index contributed by atoms with van der Waals surface area (Å²) in [5, 5.41) is 21.4. The molecule has 3 N–H and O–H groups in total. The van der Waals surface area contributed by atoms with E-state index < -0.39 is 81.3 Å². The number of alkyl halides is 4. The zero-order valence-electron chi connectivity index (χ0n) is 29.9. The third-order valence-corrected chi connectivity index (χ3v) is 10.3. The molecule has 0 radical (unpaired) electrons. The lowest BCUT2D eigenvalue weighted by atomic mass is 9.93. The second-order valence-corrected chi connectivity index (χ2v) is 16.5. The second kappa shape index (κ2) is 13.8. The third kappa shape index (κ3) is 7.54. The molecule has 0 bridgehead atoms. The fraction of sp³-hybridized carbons (Fsp3) is 0.351. The minimum atomic E-state index is -3.83. The summed E-state index contributed by atoms with van der Waals surface area (Å²) in [4.78, 5) is 18.6. The maximum atomic E-state index is 15.4. The Morgan fingerprint density at radius 2 is 1.77 bits per heavy atom.